The minimum atomic E-state index is -0.118. The van der Waals surface area contributed by atoms with Gasteiger partial charge in [0, 0.05) is 12.2 Å². The Morgan fingerprint density at radius 1 is 1.47 bits per heavy atom. The molecule has 15 heavy (non-hydrogen) atoms. The second kappa shape index (κ2) is 3.65. The Bertz CT molecular complexity index is 361. The molecule has 0 radical (unpaired) electrons. The van der Waals surface area contributed by atoms with E-state index < -0.39 is 0 Å². The lowest BCUT2D eigenvalue weighted by molar-refractivity contribution is 0.116. The molecule has 0 saturated carbocycles. The van der Waals surface area contributed by atoms with Crippen LogP contribution in [0.1, 0.15) is 20.8 Å². The van der Waals surface area contributed by atoms with E-state index in [0.29, 0.717) is 0 Å². The summed E-state index contributed by atoms with van der Waals surface area (Å²) in [5.74, 6) is 0.938. The Hall–Kier alpha value is -1.38. The van der Waals surface area contributed by atoms with E-state index in [9.17, 15) is 0 Å². The van der Waals surface area contributed by atoms with Crippen molar-refractivity contribution >= 4 is 11.4 Å². The second-order valence-corrected chi connectivity index (χ2v) is 4.46. The fourth-order valence-corrected chi connectivity index (χ4v) is 1.71. The van der Waals surface area contributed by atoms with Crippen LogP contribution in [0.15, 0.2) is 18.2 Å². The van der Waals surface area contributed by atoms with Crippen LogP contribution >= 0.6 is 0 Å². The van der Waals surface area contributed by atoms with Crippen molar-refractivity contribution < 1.29 is 4.74 Å². The number of hydrogen-bond acceptors (Lipinski definition) is 3. The third-order valence-corrected chi connectivity index (χ3v) is 2.45. The number of anilines is 2. The van der Waals surface area contributed by atoms with Gasteiger partial charge in [-0.15, -0.1) is 0 Å². The van der Waals surface area contributed by atoms with Crippen LogP contribution in [0.3, 0.4) is 0 Å². The largest absolute Gasteiger partial charge is 0.484 e. The summed E-state index contributed by atoms with van der Waals surface area (Å²) in [5.41, 5.74) is 2.09. The monoisotopic (exact) mass is 206 g/mol. The Morgan fingerprint density at radius 3 is 3.00 bits per heavy atom. The average Bonchev–Trinajstić information content (AvgIpc) is 2.18. The summed E-state index contributed by atoms with van der Waals surface area (Å²) in [6, 6.07) is 6.15. The van der Waals surface area contributed by atoms with E-state index in [1.807, 2.05) is 12.1 Å². The molecule has 1 aromatic carbocycles. The minimum Gasteiger partial charge on any atom is -0.484 e. The molecule has 3 nitrogen and oxygen atoms in total. The van der Waals surface area contributed by atoms with Gasteiger partial charge in [-0.3, -0.25) is 0 Å². The van der Waals surface area contributed by atoms with Crippen LogP contribution in [0.4, 0.5) is 11.4 Å². The molecule has 2 rings (SSSR count). The van der Waals surface area contributed by atoms with Crippen molar-refractivity contribution in [3.63, 3.8) is 0 Å². The Balaban J connectivity index is 2.24. The number of benzene rings is 1. The summed E-state index contributed by atoms with van der Waals surface area (Å²) < 4.78 is 5.86. The average molecular weight is 206 g/mol. The van der Waals surface area contributed by atoms with Gasteiger partial charge in [0.2, 0.25) is 0 Å². The van der Waals surface area contributed by atoms with Crippen molar-refractivity contribution in [2.75, 3.05) is 23.7 Å². The Kier molecular flexibility index (Phi) is 2.47. The van der Waals surface area contributed by atoms with Gasteiger partial charge in [0.15, 0.2) is 0 Å². The molecule has 1 heterocycles. The van der Waals surface area contributed by atoms with E-state index in [1.54, 1.807) is 0 Å². The number of fused-ring (bicyclic) bond motifs is 1. The van der Waals surface area contributed by atoms with Gasteiger partial charge in [0.1, 0.15) is 11.4 Å². The highest BCUT2D eigenvalue weighted by molar-refractivity contribution is 5.66. The molecule has 1 aliphatic heterocycles. The van der Waals surface area contributed by atoms with E-state index in [0.717, 1.165) is 30.2 Å². The first kappa shape index (κ1) is 10.1. The molecule has 0 bridgehead atoms. The molecule has 0 atom stereocenters. The third-order valence-electron chi connectivity index (χ3n) is 2.45. The topological polar surface area (TPSA) is 33.3 Å². The van der Waals surface area contributed by atoms with Crippen molar-refractivity contribution in [3.05, 3.63) is 18.2 Å². The van der Waals surface area contributed by atoms with Crippen LogP contribution in [-0.4, -0.2) is 18.7 Å². The summed E-state index contributed by atoms with van der Waals surface area (Å²) >= 11 is 0. The van der Waals surface area contributed by atoms with E-state index in [4.69, 9.17) is 4.74 Å². The molecule has 0 aromatic heterocycles. The third kappa shape index (κ3) is 2.17. The van der Waals surface area contributed by atoms with Gasteiger partial charge in [-0.25, -0.2) is 0 Å². The standard InChI is InChI=1S/C12H18N2O/c1-4-13-9-5-6-11-10(7-9)14-8-12(2,3)15-11/h5-7,13-14H,4,8H2,1-3H3. The summed E-state index contributed by atoms with van der Waals surface area (Å²) in [4.78, 5) is 0. The van der Waals surface area contributed by atoms with Crippen molar-refractivity contribution in [2.45, 2.75) is 26.4 Å². The van der Waals surface area contributed by atoms with Gasteiger partial charge in [-0.2, -0.15) is 0 Å². The first-order valence-corrected chi connectivity index (χ1v) is 5.41. The highest BCUT2D eigenvalue weighted by atomic mass is 16.5. The van der Waals surface area contributed by atoms with Crippen LogP contribution in [0, 0.1) is 0 Å². The highest BCUT2D eigenvalue weighted by Crippen LogP contribution is 2.34. The Morgan fingerprint density at radius 2 is 2.27 bits per heavy atom. The van der Waals surface area contributed by atoms with Crippen molar-refractivity contribution in [1.29, 1.82) is 0 Å². The quantitative estimate of drug-likeness (QED) is 0.780. The molecule has 0 fully saturated rings. The maximum atomic E-state index is 5.86. The summed E-state index contributed by atoms with van der Waals surface area (Å²) in [7, 11) is 0. The first-order chi connectivity index (χ1) is 7.11. The molecule has 1 aromatic rings. The van der Waals surface area contributed by atoms with E-state index in [2.05, 4.69) is 37.5 Å². The second-order valence-electron chi connectivity index (χ2n) is 4.46. The lowest BCUT2D eigenvalue weighted by atomic mass is 10.1. The summed E-state index contributed by atoms with van der Waals surface area (Å²) in [5, 5.41) is 6.67. The fourth-order valence-electron chi connectivity index (χ4n) is 1.71. The predicted molar refractivity (Wildman–Crippen MR) is 63.8 cm³/mol. The van der Waals surface area contributed by atoms with E-state index >= 15 is 0 Å². The molecule has 3 heteroatoms. The van der Waals surface area contributed by atoms with Crippen molar-refractivity contribution in [3.8, 4) is 5.75 Å². The van der Waals surface area contributed by atoms with Crippen molar-refractivity contribution in [2.24, 2.45) is 0 Å². The molecular formula is C12H18N2O. The van der Waals surface area contributed by atoms with E-state index in [1.165, 1.54) is 0 Å². The lowest BCUT2D eigenvalue weighted by Gasteiger charge is -2.33. The molecule has 0 spiro atoms. The molecule has 82 valence electrons. The van der Waals surface area contributed by atoms with Gasteiger partial charge >= 0.3 is 0 Å². The maximum absolute atomic E-state index is 5.86. The molecule has 2 N–H and O–H groups in total. The lowest BCUT2D eigenvalue weighted by Crippen LogP contribution is -2.39. The normalized spacial score (nSPS) is 17.3. The van der Waals surface area contributed by atoms with Gasteiger partial charge in [-0.1, -0.05) is 0 Å². The van der Waals surface area contributed by atoms with Crippen LogP contribution in [0.2, 0.25) is 0 Å². The number of hydrogen-bond donors (Lipinski definition) is 2. The number of rotatable bonds is 2. The Labute approximate surface area is 90.8 Å². The first-order valence-electron chi connectivity index (χ1n) is 5.41. The van der Waals surface area contributed by atoms with Gasteiger partial charge in [0.25, 0.3) is 0 Å². The zero-order valence-corrected chi connectivity index (χ0v) is 9.55. The molecule has 1 aliphatic rings. The molecular weight excluding hydrogens is 188 g/mol. The zero-order chi connectivity index (χ0) is 10.9. The number of ether oxygens (including phenoxy) is 1. The molecule has 0 unspecified atom stereocenters. The maximum Gasteiger partial charge on any atom is 0.143 e. The van der Waals surface area contributed by atoms with Crippen LogP contribution in [-0.2, 0) is 0 Å². The fraction of sp³-hybridized carbons (Fsp3) is 0.500. The van der Waals surface area contributed by atoms with Gasteiger partial charge in [0.05, 0.1) is 12.2 Å². The van der Waals surface area contributed by atoms with Gasteiger partial charge < -0.3 is 15.4 Å². The minimum absolute atomic E-state index is 0.118. The van der Waals surface area contributed by atoms with Crippen LogP contribution < -0.4 is 15.4 Å². The molecule has 0 saturated heterocycles. The predicted octanol–water partition coefficient (Wildman–Crippen LogP) is 2.70. The smallest absolute Gasteiger partial charge is 0.143 e. The summed E-state index contributed by atoms with van der Waals surface area (Å²) in [6.45, 7) is 8.04. The van der Waals surface area contributed by atoms with Crippen LogP contribution in [0.25, 0.3) is 0 Å². The van der Waals surface area contributed by atoms with Crippen LogP contribution in [0.5, 0.6) is 5.75 Å². The van der Waals surface area contributed by atoms with Gasteiger partial charge in [-0.05, 0) is 39.0 Å². The molecule has 0 aliphatic carbocycles. The summed E-state index contributed by atoms with van der Waals surface area (Å²) in [6.07, 6.45) is 0. The zero-order valence-electron chi connectivity index (χ0n) is 9.55. The SMILES string of the molecule is CCNc1ccc2c(c1)NCC(C)(C)O2. The van der Waals surface area contributed by atoms with Crippen molar-refractivity contribution in [1.82, 2.24) is 0 Å². The molecule has 0 amide bonds. The number of nitrogens with one attached hydrogen (secondary N) is 2. The highest BCUT2D eigenvalue weighted by Gasteiger charge is 2.25. The van der Waals surface area contributed by atoms with E-state index in [-0.39, 0.29) is 5.60 Å².